The van der Waals surface area contributed by atoms with Gasteiger partial charge in [0.05, 0.1) is 19.7 Å². The van der Waals surface area contributed by atoms with Gasteiger partial charge in [-0.1, -0.05) is 41.9 Å². The van der Waals surface area contributed by atoms with Crippen LogP contribution >= 0.6 is 11.6 Å². The number of hydrogen-bond donors (Lipinski definition) is 3. The van der Waals surface area contributed by atoms with Crippen molar-refractivity contribution in [3.05, 3.63) is 81.0 Å². The Balaban J connectivity index is 1.93. The first kappa shape index (κ1) is 16.3. The summed E-state index contributed by atoms with van der Waals surface area (Å²) in [5.41, 5.74) is 1.60. The molecule has 7 heteroatoms. The molecule has 3 N–H and O–H groups in total. The zero-order valence-electron chi connectivity index (χ0n) is 13.0. The number of ether oxygens (including phenoxy) is 1. The van der Waals surface area contributed by atoms with E-state index in [9.17, 15) is 4.79 Å². The number of H-pyrrole nitrogens is 2. The SMILES string of the molecule is COc1cccc([C@H](NCc2n[nH]c(=O)[nH]2)c2ccccc2Cl)c1. The van der Waals surface area contributed by atoms with Gasteiger partial charge in [0.2, 0.25) is 0 Å². The fourth-order valence-corrected chi connectivity index (χ4v) is 2.77. The molecule has 0 aliphatic carbocycles. The van der Waals surface area contributed by atoms with Crippen LogP contribution in [0.2, 0.25) is 5.02 Å². The molecule has 3 aromatic rings. The fourth-order valence-electron chi connectivity index (χ4n) is 2.53. The highest BCUT2D eigenvalue weighted by Crippen LogP contribution is 2.30. The number of halogens is 1. The Morgan fingerprint density at radius 2 is 2.08 bits per heavy atom. The highest BCUT2D eigenvalue weighted by molar-refractivity contribution is 6.31. The van der Waals surface area contributed by atoms with E-state index in [-0.39, 0.29) is 11.7 Å². The van der Waals surface area contributed by atoms with E-state index in [1.54, 1.807) is 7.11 Å². The second-order valence-corrected chi connectivity index (χ2v) is 5.64. The second kappa shape index (κ2) is 7.33. The molecule has 3 rings (SSSR count). The van der Waals surface area contributed by atoms with E-state index in [0.29, 0.717) is 17.4 Å². The van der Waals surface area contributed by atoms with Gasteiger partial charge in [0.1, 0.15) is 11.6 Å². The Morgan fingerprint density at radius 3 is 2.79 bits per heavy atom. The van der Waals surface area contributed by atoms with E-state index in [2.05, 4.69) is 20.5 Å². The summed E-state index contributed by atoms with van der Waals surface area (Å²) >= 11 is 6.38. The monoisotopic (exact) mass is 344 g/mol. The van der Waals surface area contributed by atoms with Crippen LogP contribution in [0, 0.1) is 0 Å². The zero-order chi connectivity index (χ0) is 16.9. The van der Waals surface area contributed by atoms with Crippen LogP contribution in [0.4, 0.5) is 0 Å². The highest BCUT2D eigenvalue weighted by atomic mass is 35.5. The first-order chi connectivity index (χ1) is 11.7. The number of rotatable bonds is 6. The lowest BCUT2D eigenvalue weighted by molar-refractivity contribution is 0.413. The quantitative estimate of drug-likeness (QED) is 0.642. The number of aromatic amines is 2. The van der Waals surface area contributed by atoms with Crippen molar-refractivity contribution in [1.82, 2.24) is 20.5 Å². The molecule has 0 spiro atoms. The van der Waals surface area contributed by atoms with Crippen molar-refractivity contribution < 1.29 is 4.74 Å². The molecule has 0 saturated carbocycles. The van der Waals surface area contributed by atoms with Crippen molar-refractivity contribution in [3.8, 4) is 5.75 Å². The molecule has 2 aromatic carbocycles. The number of nitrogens with zero attached hydrogens (tertiary/aromatic N) is 1. The minimum absolute atomic E-state index is 0.172. The molecule has 1 heterocycles. The molecule has 24 heavy (non-hydrogen) atoms. The molecule has 0 unspecified atom stereocenters. The number of hydrogen-bond acceptors (Lipinski definition) is 4. The molecule has 0 aliphatic heterocycles. The summed E-state index contributed by atoms with van der Waals surface area (Å²) in [6.45, 7) is 0.381. The molecule has 0 fully saturated rings. The average molecular weight is 345 g/mol. The van der Waals surface area contributed by atoms with Gasteiger partial charge >= 0.3 is 5.69 Å². The van der Waals surface area contributed by atoms with Crippen molar-refractivity contribution in [2.75, 3.05) is 7.11 Å². The largest absolute Gasteiger partial charge is 0.497 e. The van der Waals surface area contributed by atoms with Crippen molar-refractivity contribution in [3.63, 3.8) is 0 Å². The molecular formula is C17H17ClN4O2. The molecule has 0 saturated heterocycles. The Kier molecular flexibility index (Phi) is 4.98. The summed E-state index contributed by atoms with van der Waals surface area (Å²) in [5, 5.41) is 10.3. The molecular weight excluding hydrogens is 328 g/mol. The van der Waals surface area contributed by atoms with Crippen molar-refractivity contribution in [2.24, 2.45) is 0 Å². The second-order valence-electron chi connectivity index (χ2n) is 5.24. The van der Waals surface area contributed by atoms with Crippen molar-refractivity contribution >= 4 is 11.6 Å². The van der Waals surface area contributed by atoms with Gasteiger partial charge in [-0.15, -0.1) is 0 Å². The summed E-state index contributed by atoms with van der Waals surface area (Å²) in [6.07, 6.45) is 0. The molecule has 124 valence electrons. The summed E-state index contributed by atoms with van der Waals surface area (Å²) < 4.78 is 5.31. The number of methoxy groups -OCH3 is 1. The number of aromatic nitrogens is 3. The number of nitrogens with one attached hydrogen (secondary N) is 3. The summed E-state index contributed by atoms with van der Waals surface area (Å²) in [5.74, 6) is 1.29. The fraction of sp³-hybridized carbons (Fsp3) is 0.176. The molecule has 0 bridgehead atoms. The predicted molar refractivity (Wildman–Crippen MR) is 92.3 cm³/mol. The Bertz CT molecular complexity index is 875. The van der Waals surface area contributed by atoms with E-state index in [1.165, 1.54) is 0 Å². The molecule has 1 atom stereocenters. The van der Waals surface area contributed by atoms with Crippen LogP contribution in [0.15, 0.2) is 53.3 Å². The van der Waals surface area contributed by atoms with Crippen LogP contribution in [0.3, 0.4) is 0 Å². The van der Waals surface area contributed by atoms with Gasteiger partial charge in [-0.3, -0.25) is 10.3 Å². The maximum absolute atomic E-state index is 11.2. The van der Waals surface area contributed by atoms with Crippen LogP contribution < -0.4 is 15.7 Å². The third kappa shape index (κ3) is 3.67. The van der Waals surface area contributed by atoms with Gasteiger partial charge in [0, 0.05) is 5.02 Å². The first-order valence-electron chi connectivity index (χ1n) is 7.42. The smallest absolute Gasteiger partial charge is 0.340 e. The Hall–Kier alpha value is -2.57. The van der Waals surface area contributed by atoms with Crippen LogP contribution in [0.5, 0.6) is 5.75 Å². The Morgan fingerprint density at radius 1 is 1.25 bits per heavy atom. The molecule has 6 nitrogen and oxygen atoms in total. The molecule has 1 aromatic heterocycles. The molecule has 0 radical (unpaired) electrons. The maximum Gasteiger partial charge on any atom is 0.340 e. The Labute approximate surface area is 143 Å². The van der Waals surface area contributed by atoms with Crippen LogP contribution in [-0.4, -0.2) is 22.3 Å². The summed E-state index contributed by atoms with van der Waals surface area (Å²) in [7, 11) is 1.63. The predicted octanol–water partition coefficient (Wildman–Crippen LogP) is 2.64. The average Bonchev–Trinajstić information content (AvgIpc) is 3.02. The summed E-state index contributed by atoms with van der Waals surface area (Å²) in [6, 6.07) is 15.2. The first-order valence-corrected chi connectivity index (χ1v) is 7.80. The van der Waals surface area contributed by atoms with E-state index >= 15 is 0 Å². The minimum Gasteiger partial charge on any atom is -0.497 e. The van der Waals surface area contributed by atoms with Crippen LogP contribution in [0.25, 0.3) is 0 Å². The van der Waals surface area contributed by atoms with E-state index < -0.39 is 0 Å². The summed E-state index contributed by atoms with van der Waals surface area (Å²) in [4.78, 5) is 13.8. The van der Waals surface area contributed by atoms with Crippen molar-refractivity contribution in [1.29, 1.82) is 0 Å². The molecule has 0 aliphatic rings. The lowest BCUT2D eigenvalue weighted by Gasteiger charge is -2.21. The van der Waals surface area contributed by atoms with E-state index in [1.807, 2.05) is 48.5 Å². The zero-order valence-corrected chi connectivity index (χ0v) is 13.8. The standard InChI is InChI=1S/C17H17ClN4O2/c1-24-12-6-4-5-11(9-12)16(13-7-2-3-8-14(13)18)19-10-15-20-17(23)22-21-15/h2-9,16,19H,10H2,1H3,(H2,20,21,22,23)/t16-/m0/s1. The number of benzene rings is 2. The highest BCUT2D eigenvalue weighted by Gasteiger charge is 2.17. The van der Waals surface area contributed by atoms with E-state index in [0.717, 1.165) is 16.9 Å². The third-order valence-corrected chi connectivity index (χ3v) is 4.01. The topological polar surface area (TPSA) is 82.8 Å². The van der Waals surface area contributed by atoms with Gasteiger partial charge in [0.15, 0.2) is 0 Å². The van der Waals surface area contributed by atoms with Gasteiger partial charge in [-0.2, -0.15) is 5.10 Å². The van der Waals surface area contributed by atoms with Gasteiger partial charge < -0.3 is 4.74 Å². The maximum atomic E-state index is 11.2. The van der Waals surface area contributed by atoms with Crippen LogP contribution in [0.1, 0.15) is 23.0 Å². The minimum atomic E-state index is -0.331. The van der Waals surface area contributed by atoms with Gasteiger partial charge in [-0.25, -0.2) is 9.89 Å². The lowest BCUT2D eigenvalue weighted by Crippen LogP contribution is -2.23. The third-order valence-electron chi connectivity index (χ3n) is 3.67. The van der Waals surface area contributed by atoms with Crippen LogP contribution in [-0.2, 0) is 6.54 Å². The normalized spacial score (nSPS) is 12.1. The van der Waals surface area contributed by atoms with Gasteiger partial charge in [0.25, 0.3) is 0 Å². The lowest BCUT2D eigenvalue weighted by atomic mass is 9.98. The van der Waals surface area contributed by atoms with Crippen molar-refractivity contribution in [2.45, 2.75) is 12.6 Å². The van der Waals surface area contributed by atoms with Gasteiger partial charge in [-0.05, 0) is 29.3 Å². The molecule has 0 amide bonds. The van der Waals surface area contributed by atoms with E-state index in [4.69, 9.17) is 16.3 Å².